The molecular formula is C20H27Cl2N3O4. The molecule has 0 aromatic heterocycles. The molecule has 160 valence electrons. The molecule has 0 spiro atoms. The molecule has 7 nitrogen and oxygen atoms in total. The Balaban J connectivity index is 1.73. The number of rotatable bonds is 4. The van der Waals surface area contributed by atoms with E-state index in [-0.39, 0.29) is 24.0 Å². The van der Waals surface area contributed by atoms with Gasteiger partial charge in [0.2, 0.25) is 5.91 Å². The average Bonchev–Trinajstić information content (AvgIpc) is 2.88. The summed E-state index contributed by atoms with van der Waals surface area (Å²) in [6, 6.07) is 5.65. The third kappa shape index (κ3) is 5.98. The quantitative estimate of drug-likeness (QED) is 0.746. The van der Waals surface area contributed by atoms with Crippen LogP contribution in [0.5, 0.6) is 0 Å². The van der Waals surface area contributed by atoms with Crippen molar-refractivity contribution in [1.29, 1.82) is 0 Å². The van der Waals surface area contributed by atoms with Crippen LogP contribution in [0.2, 0.25) is 10.0 Å². The van der Waals surface area contributed by atoms with E-state index in [0.717, 1.165) is 31.5 Å². The Morgan fingerprint density at radius 3 is 2.55 bits per heavy atom. The number of piperidine rings is 1. The number of carbonyl (C=O) groups excluding carboxylic acids is 1. The summed E-state index contributed by atoms with van der Waals surface area (Å²) in [4.78, 5) is 26.6. The minimum Gasteiger partial charge on any atom is -0.465 e. The van der Waals surface area contributed by atoms with Crippen LogP contribution >= 0.6 is 23.2 Å². The molecule has 29 heavy (non-hydrogen) atoms. The number of nitrogens with zero attached hydrogens (tertiary/aromatic N) is 2. The molecule has 2 atom stereocenters. The van der Waals surface area contributed by atoms with Crippen molar-refractivity contribution in [3.8, 4) is 0 Å². The van der Waals surface area contributed by atoms with Gasteiger partial charge in [0.05, 0.1) is 22.8 Å². The van der Waals surface area contributed by atoms with Crippen molar-refractivity contribution in [1.82, 2.24) is 15.1 Å². The Hall–Kier alpha value is -1.54. The van der Waals surface area contributed by atoms with Gasteiger partial charge in [-0.2, -0.15) is 0 Å². The molecule has 0 radical (unpaired) electrons. The maximum Gasteiger partial charge on any atom is 0.407 e. The zero-order chi connectivity index (χ0) is 21.0. The van der Waals surface area contributed by atoms with Gasteiger partial charge in [0.15, 0.2) is 0 Å². The number of hydrogen-bond donors (Lipinski definition) is 2. The third-order valence-electron chi connectivity index (χ3n) is 5.63. The summed E-state index contributed by atoms with van der Waals surface area (Å²) in [7, 11) is 0. The summed E-state index contributed by atoms with van der Waals surface area (Å²) in [5, 5.41) is 13.4. The molecule has 0 aliphatic carbocycles. The molecule has 2 N–H and O–H groups in total. The maximum absolute atomic E-state index is 11.6. The molecule has 0 saturated carbocycles. The normalized spacial score (nSPS) is 24.2. The molecule has 2 fully saturated rings. The van der Waals surface area contributed by atoms with Gasteiger partial charge < -0.3 is 25.0 Å². The summed E-state index contributed by atoms with van der Waals surface area (Å²) in [5.74, 6) is -0.138. The van der Waals surface area contributed by atoms with Crippen molar-refractivity contribution in [3.63, 3.8) is 0 Å². The summed E-state index contributed by atoms with van der Waals surface area (Å²) in [6.45, 7) is 5.02. The fraction of sp³-hybridized carbons (Fsp3) is 0.600. The number of halogens is 2. The lowest BCUT2D eigenvalue weighted by Crippen LogP contribution is -2.47. The molecule has 2 unspecified atom stereocenters. The lowest BCUT2D eigenvalue weighted by atomic mass is 9.91. The first kappa shape index (κ1) is 22.2. The minimum atomic E-state index is -0.949. The summed E-state index contributed by atoms with van der Waals surface area (Å²) in [5.41, 5.74) is 0.922. The topological polar surface area (TPSA) is 82.1 Å². The van der Waals surface area contributed by atoms with E-state index in [9.17, 15) is 14.7 Å². The molecule has 2 amide bonds. The standard InChI is InChI=1S/C20H27Cl2N3O4/c1-13(26)23-15-4-6-24(7-5-15)12-19-16(11-25(20(27)28)8-9-29-19)14-2-3-17(21)18(22)10-14/h2-3,10,15-16,19H,4-9,11-12H2,1H3,(H,23,26)(H,27,28). The molecule has 2 saturated heterocycles. The predicted molar refractivity (Wildman–Crippen MR) is 112 cm³/mol. The molecule has 3 rings (SSSR count). The highest BCUT2D eigenvalue weighted by Gasteiger charge is 2.33. The van der Waals surface area contributed by atoms with E-state index in [1.54, 1.807) is 19.1 Å². The fourth-order valence-electron chi connectivity index (χ4n) is 4.10. The molecule has 1 aromatic carbocycles. The number of likely N-dealkylation sites (tertiary alicyclic amines) is 1. The highest BCUT2D eigenvalue weighted by Crippen LogP contribution is 2.32. The van der Waals surface area contributed by atoms with Crippen LogP contribution in [0.4, 0.5) is 4.79 Å². The SMILES string of the molecule is CC(=O)NC1CCN(CC2OCCN(C(=O)O)CC2c2ccc(Cl)c(Cl)c2)CC1. The van der Waals surface area contributed by atoms with Crippen LogP contribution in [-0.4, -0.2) is 78.4 Å². The Morgan fingerprint density at radius 2 is 1.93 bits per heavy atom. The molecular weight excluding hydrogens is 417 g/mol. The number of hydrogen-bond acceptors (Lipinski definition) is 4. The Morgan fingerprint density at radius 1 is 1.21 bits per heavy atom. The van der Waals surface area contributed by atoms with Gasteiger partial charge in [-0.25, -0.2) is 4.79 Å². The van der Waals surface area contributed by atoms with Gasteiger partial charge in [-0.1, -0.05) is 29.3 Å². The number of carbonyl (C=O) groups is 2. The Labute approximate surface area is 180 Å². The number of ether oxygens (including phenoxy) is 1. The van der Waals surface area contributed by atoms with Crippen LogP contribution in [0.3, 0.4) is 0 Å². The average molecular weight is 444 g/mol. The van der Waals surface area contributed by atoms with Gasteiger partial charge in [-0.15, -0.1) is 0 Å². The largest absolute Gasteiger partial charge is 0.465 e. The first-order valence-corrected chi connectivity index (χ1v) is 10.6. The van der Waals surface area contributed by atoms with Crippen molar-refractivity contribution in [2.24, 2.45) is 0 Å². The van der Waals surface area contributed by atoms with Crippen LogP contribution in [0, 0.1) is 0 Å². The van der Waals surface area contributed by atoms with E-state index < -0.39 is 6.09 Å². The molecule has 2 heterocycles. The third-order valence-corrected chi connectivity index (χ3v) is 6.37. The maximum atomic E-state index is 11.6. The van der Waals surface area contributed by atoms with Crippen LogP contribution in [0.25, 0.3) is 0 Å². The number of benzene rings is 1. The zero-order valence-corrected chi connectivity index (χ0v) is 18.0. The van der Waals surface area contributed by atoms with Crippen molar-refractivity contribution in [2.75, 3.05) is 39.3 Å². The molecule has 1 aromatic rings. The van der Waals surface area contributed by atoms with Gasteiger partial charge in [-0.05, 0) is 30.5 Å². The van der Waals surface area contributed by atoms with E-state index in [0.29, 0.717) is 36.3 Å². The lowest BCUT2D eigenvalue weighted by molar-refractivity contribution is -0.120. The molecule has 9 heteroatoms. The highest BCUT2D eigenvalue weighted by molar-refractivity contribution is 6.42. The summed E-state index contributed by atoms with van der Waals surface area (Å²) in [6.07, 6.45) is 0.681. The van der Waals surface area contributed by atoms with E-state index in [1.165, 1.54) is 4.90 Å². The van der Waals surface area contributed by atoms with Crippen molar-refractivity contribution < 1.29 is 19.4 Å². The second-order valence-electron chi connectivity index (χ2n) is 7.69. The first-order chi connectivity index (χ1) is 13.8. The smallest absolute Gasteiger partial charge is 0.407 e. The number of amides is 2. The van der Waals surface area contributed by atoms with E-state index in [4.69, 9.17) is 27.9 Å². The Bertz CT molecular complexity index is 740. The van der Waals surface area contributed by atoms with Gasteiger partial charge >= 0.3 is 6.09 Å². The Kier molecular flexibility index (Phi) is 7.62. The summed E-state index contributed by atoms with van der Waals surface area (Å²) >= 11 is 12.3. The van der Waals surface area contributed by atoms with E-state index in [1.807, 2.05) is 6.07 Å². The van der Waals surface area contributed by atoms with Crippen molar-refractivity contribution in [2.45, 2.75) is 37.8 Å². The van der Waals surface area contributed by atoms with Gasteiger partial charge in [0, 0.05) is 51.6 Å². The minimum absolute atomic E-state index is 0.00370. The summed E-state index contributed by atoms with van der Waals surface area (Å²) < 4.78 is 6.12. The van der Waals surface area contributed by atoms with Gasteiger partial charge in [-0.3, -0.25) is 4.79 Å². The van der Waals surface area contributed by atoms with Crippen LogP contribution in [0.1, 0.15) is 31.2 Å². The van der Waals surface area contributed by atoms with Crippen LogP contribution in [0.15, 0.2) is 18.2 Å². The highest BCUT2D eigenvalue weighted by atomic mass is 35.5. The van der Waals surface area contributed by atoms with E-state index >= 15 is 0 Å². The number of carboxylic acid groups (broad SMARTS) is 1. The van der Waals surface area contributed by atoms with Crippen molar-refractivity contribution >= 4 is 35.2 Å². The second-order valence-corrected chi connectivity index (χ2v) is 8.51. The fourth-order valence-corrected chi connectivity index (χ4v) is 4.40. The molecule has 2 aliphatic rings. The van der Waals surface area contributed by atoms with Crippen LogP contribution in [-0.2, 0) is 9.53 Å². The van der Waals surface area contributed by atoms with Crippen molar-refractivity contribution in [3.05, 3.63) is 33.8 Å². The monoisotopic (exact) mass is 443 g/mol. The van der Waals surface area contributed by atoms with E-state index in [2.05, 4.69) is 10.2 Å². The zero-order valence-electron chi connectivity index (χ0n) is 16.4. The van der Waals surface area contributed by atoms with Gasteiger partial charge in [0.25, 0.3) is 0 Å². The predicted octanol–water partition coefficient (Wildman–Crippen LogP) is 3.06. The van der Waals surface area contributed by atoms with Gasteiger partial charge in [0.1, 0.15) is 0 Å². The second kappa shape index (κ2) is 9.98. The first-order valence-electron chi connectivity index (χ1n) is 9.87. The molecule has 0 bridgehead atoms. The van der Waals surface area contributed by atoms with Crippen LogP contribution < -0.4 is 5.32 Å². The molecule has 2 aliphatic heterocycles. The number of nitrogens with one attached hydrogen (secondary N) is 1. The lowest BCUT2D eigenvalue weighted by Gasteiger charge is -2.36.